The Bertz CT molecular complexity index is 330. The van der Waals surface area contributed by atoms with Crippen molar-refractivity contribution in [1.82, 2.24) is 10.2 Å². The lowest BCUT2D eigenvalue weighted by Gasteiger charge is -2.31. The number of likely N-dealkylation sites (tertiary alicyclic amines) is 1. The Morgan fingerprint density at radius 3 is 2.83 bits per heavy atom. The van der Waals surface area contributed by atoms with Crippen LogP contribution in [0.25, 0.3) is 0 Å². The van der Waals surface area contributed by atoms with Crippen LogP contribution < -0.4 is 5.32 Å². The van der Waals surface area contributed by atoms with Crippen LogP contribution in [0.15, 0.2) is 0 Å². The van der Waals surface area contributed by atoms with Gasteiger partial charge in [-0.15, -0.1) is 0 Å². The van der Waals surface area contributed by atoms with E-state index in [0.717, 1.165) is 32.3 Å². The number of nitrogens with one attached hydrogen (secondary N) is 1. The summed E-state index contributed by atoms with van der Waals surface area (Å²) in [6.45, 7) is 2.89. The predicted molar refractivity (Wildman–Crippen MR) is 67.0 cm³/mol. The second-order valence-corrected chi connectivity index (χ2v) is 5.22. The second kappa shape index (κ2) is 5.80. The molecule has 0 saturated carbocycles. The zero-order valence-corrected chi connectivity index (χ0v) is 11.1. The van der Waals surface area contributed by atoms with Crippen LogP contribution >= 0.6 is 0 Å². The highest BCUT2D eigenvalue weighted by Crippen LogP contribution is 2.20. The fourth-order valence-corrected chi connectivity index (χ4v) is 2.72. The Labute approximate surface area is 108 Å². The number of nitrogens with zero attached hydrogens (tertiary/aromatic N) is 1. The van der Waals surface area contributed by atoms with Crippen molar-refractivity contribution in [2.24, 2.45) is 0 Å². The molecule has 2 fully saturated rings. The van der Waals surface area contributed by atoms with Crippen molar-refractivity contribution in [2.45, 2.75) is 57.2 Å². The molecular weight excluding hydrogens is 232 g/mol. The minimum absolute atomic E-state index is 0.0883. The minimum atomic E-state index is -0.326. The molecule has 1 N–H and O–H groups in total. The standard InChI is InChI=1S/C13H22N2O3/c1-3-4-10-7-9(5-6-18-10)14-11-8-12(16)15(2)13(11)17/h9-11,14H,3-8H2,1-2H3. The van der Waals surface area contributed by atoms with E-state index in [0.29, 0.717) is 18.6 Å². The summed E-state index contributed by atoms with van der Waals surface area (Å²) in [4.78, 5) is 24.5. The molecule has 2 saturated heterocycles. The highest BCUT2D eigenvalue weighted by Gasteiger charge is 2.37. The second-order valence-electron chi connectivity index (χ2n) is 5.22. The Kier molecular flexibility index (Phi) is 4.35. The summed E-state index contributed by atoms with van der Waals surface area (Å²) in [5, 5.41) is 3.32. The van der Waals surface area contributed by atoms with Crippen molar-refractivity contribution in [3.8, 4) is 0 Å². The molecule has 0 aromatic carbocycles. The van der Waals surface area contributed by atoms with Crippen molar-refractivity contribution < 1.29 is 14.3 Å². The van der Waals surface area contributed by atoms with Crippen LogP contribution in [0.4, 0.5) is 0 Å². The molecule has 5 nitrogen and oxygen atoms in total. The van der Waals surface area contributed by atoms with Crippen LogP contribution in [0, 0.1) is 0 Å². The van der Waals surface area contributed by atoms with Crippen LogP contribution in [-0.2, 0) is 14.3 Å². The summed E-state index contributed by atoms with van der Waals surface area (Å²) in [5.41, 5.74) is 0. The molecule has 2 heterocycles. The number of ether oxygens (including phenoxy) is 1. The zero-order valence-electron chi connectivity index (χ0n) is 11.1. The first-order valence-electron chi connectivity index (χ1n) is 6.79. The van der Waals surface area contributed by atoms with E-state index in [9.17, 15) is 9.59 Å². The minimum Gasteiger partial charge on any atom is -0.378 e. The van der Waals surface area contributed by atoms with E-state index < -0.39 is 0 Å². The van der Waals surface area contributed by atoms with Crippen molar-refractivity contribution in [2.75, 3.05) is 13.7 Å². The highest BCUT2D eigenvalue weighted by atomic mass is 16.5. The lowest BCUT2D eigenvalue weighted by Crippen LogP contribution is -2.47. The zero-order chi connectivity index (χ0) is 13.1. The number of likely N-dealkylation sites (N-methyl/N-ethyl adjacent to an activating group) is 1. The highest BCUT2D eigenvalue weighted by molar-refractivity contribution is 6.05. The van der Waals surface area contributed by atoms with E-state index >= 15 is 0 Å². The van der Waals surface area contributed by atoms with E-state index in [1.54, 1.807) is 7.05 Å². The summed E-state index contributed by atoms with van der Waals surface area (Å²) >= 11 is 0. The largest absolute Gasteiger partial charge is 0.378 e. The summed E-state index contributed by atoms with van der Waals surface area (Å²) in [6, 6.07) is -0.0311. The number of rotatable bonds is 4. The van der Waals surface area contributed by atoms with Gasteiger partial charge < -0.3 is 10.1 Å². The molecule has 0 spiro atoms. The van der Waals surface area contributed by atoms with Gasteiger partial charge in [0.2, 0.25) is 11.8 Å². The van der Waals surface area contributed by atoms with E-state index in [1.165, 1.54) is 4.90 Å². The van der Waals surface area contributed by atoms with E-state index in [4.69, 9.17) is 4.74 Å². The maximum Gasteiger partial charge on any atom is 0.246 e. The van der Waals surface area contributed by atoms with Gasteiger partial charge >= 0.3 is 0 Å². The summed E-state index contributed by atoms with van der Waals surface area (Å²) in [5.74, 6) is -0.187. The Morgan fingerprint density at radius 2 is 2.22 bits per heavy atom. The molecule has 3 unspecified atom stereocenters. The monoisotopic (exact) mass is 254 g/mol. The van der Waals surface area contributed by atoms with Crippen LogP contribution in [0.1, 0.15) is 39.0 Å². The third-order valence-electron chi connectivity index (χ3n) is 3.80. The lowest BCUT2D eigenvalue weighted by molar-refractivity contribution is -0.137. The smallest absolute Gasteiger partial charge is 0.246 e. The molecule has 0 radical (unpaired) electrons. The number of amides is 2. The fourth-order valence-electron chi connectivity index (χ4n) is 2.72. The Hall–Kier alpha value is -0.940. The third-order valence-corrected chi connectivity index (χ3v) is 3.80. The van der Waals surface area contributed by atoms with Gasteiger partial charge in [-0.05, 0) is 19.3 Å². The molecule has 2 amide bonds. The Morgan fingerprint density at radius 1 is 1.44 bits per heavy atom. The predicted octanol–water partition coefficient (Wildman–Crippen LogP) is 0.681. The summed E-state index contributed by atoms with van der Waals surface area (Å²) in [6.07, 6.45) is 4.63. The van der Waals surface area contributed by atoms with Crippen molar-refractivity contribution in [3.63, 3.8) is 0 Å². The van der Waals surface area contributed by atoms with Crippen LogP contribution in [0.5, 0.6) is 0 Å². The van der Waals surface area contributed by atoms with Gasteiger partial charge in [0.1, 0.15) is 0 Å². The molecule has 0 bridgehead atoms. The normalized spacial score (nSPS) is 33.2. The molecule has 3 atom stereocenters. The van der Waals surface area contributed by atoms with E-state index in [1.807, 2.05) is 0 Å². The topological polar surface area (TPSA) is 58.6 Å². The van der Waals surface area contributed by atoms with Gasteiger partial charge in [-0.1, -0.05) is 13.3 Å². The first-order chi connectivity index (χ1) is 8.61. The summed E-state index contributed by atoms with van der Waals surface area (Å²) < 4.78 is 5.68. The number of imide groups is 1. The van der Waals surface area contributed by atoms with Crippen molar-refractivity contribution >= 4 is 11.8 Å². The molecule has 0 aromatic heterocycles. The maximum atomic E-state index is 11.8. The molecule has 0 aromatic rings. The molecule has 0 aliphatic carbocycles. The Balaban J connectivity index is 1.86. The van der Waals surface area contributed by atoms with Gasteiger partial charge in [-0.2, -0.15) is 0 Å². The number of hydrogen-bond donors (Lipinski definition) is 1. The number of hydrogen-bond acceptors (Lipinski definition) is 4. The third kappa shape index (κ3) is 2.90. The average Bonchev–Trinajstić information content (AvgIpc) is 2.58. The van der Waals surface area contributed by atoms with Crippen LogP contribution in [0.3, 0.4) is 0 Å². The van der Waals surface area contributed by atoms with Crippen molar-refractivity contribution in [3.05, 3.63) is 0 Å². The van der Waals surface area contributed by atoms with E-state index in [-0.39, 0.29) is 17.9 Å². The van der Waals surface area contributed by atoms with Crippen LogP contribution in [0.2, 0.25) is 0 Å². The first-order valence-corrected chi connectivity index (χ1v) is 6.79. The van der Waals surface area contributed by atoms with E-state index in [2.05, 4.69) is 12.2 Å². The fraction of sp³-hybridized carbons (Fsp3) is 0.846. The molecule has 2 rings (SSSR count). The lowest BCUT2D eigenvalue weighted by atomic mass is 9.99. The molecule has 2 aliphatic heterocycles. The summed E-state index contributed by atoms with van der Waals surface area (Å²) in [7, 11) is 1.55. The van der Waals surface area contributed by atoms with Gasteiger partial charge in [0.05, 0.1) is 18.6 Å². The van der Waals surface area contributed by atoms with Gasteiger partial charge in [-0.3, -0.25) is 14.5 Å². The first kappa shape index (κ1) is 13.5. The van der Waals surface area contributed by atoms with Gasteiger partial charge in [-0.25, -0.2) is 0 Å². The maximum absolute atomic E-state index is 11.8. The average molecular weight is 254 g/mol. The molecule has 18 heavy (non-hydrogen) atoms. The van der Waals surface area contributed by atoms with Crippen LogP contribution in [-0.4, -0.2) is 48.6 Å². The number of carbonyl (C=O) groups is 2. The quantitative estimate of drug-likeness (QED) is 0.750. The molecule has 2 aliphatic rings. The molecule has 102 valence electrons. The molecule has 5 heteroatoms. The van der Waals surface area contributed by atoms with Gasteiger partial charge in [0, 0.05) is 19.7 Å². The van der Waals surface area contributed by atoms with Crippen molar-refractivity contribution in [1.29, 1.82) is 0 Å². The van der Waals surface area contributed by atoms with Gasteiger partial charge in [0.25, 0.3) is 0 Å². The SMILES string of the molecule is CCCC1CC(NC2CC(=O)N(C)C2=O)CCO1. The number of carbonyl (C=O) groups excluding carboxylic acids is 2. The molecular formula is C13H22N2O3. The van der Waals surface area contributed by atoms with Gasteiger partial charge in [0.15, 0.2) is 0 Å².